The van der Waals surface area contributed by atoms with E-state index in [1.165, 1.54) is 44.5 Å². The lowest BCUT2D eigenvalue weighted by Gasteiger charge is -2.19. The third-order valence-corrected chi connectivity index (χ3v) is 4.59. The Bertz CT molecular complexity index is 402. The Morgan fingerprint density at radius 1 is 1.20 bits per heavy atom. The largest absolute Gasteiger partial charge is 0.311 e. The van der Waals surface area contributed by atoms with Crippen molar-refractivity contribution in [3.63, 3.8) is 0 Å². The summed E-state index contributed by atoms with van der Waals surface area (Å²) in [5, 5.41) is 3.73. The van der Waals surface area contributed by atoms with Crippen molar-refractivity contribution in [2.45, 2.75) is 37.9 Å². The molecule has 0 amide bonds. The Labute approximate surface area is 123 Å². The van der Waals surface area contributed by atoms with Gasteiger partial charge in [-0.2, -0.15) is 0 Å². The minimum absolute atomic E-state index is 0.686. The van der Waals surface area contributed by atoms with Crippen LogP contribution in [0.15, 0.2) is 30.3 Å². The number of nitrogens with one attached hydrogen (secondary N) is 1. The summed E-state index contributed by atoms with van der Waals surface area (Å²) in [5.41, 5.74) is 1.43. The fourth-order valence-corrected chi connectivity index (χ4v) is 3.13. The Morgan fingerprint density at radius 2 is 2.00 bits per heavy atom. The van der Waals surface area contributed by atoms with E-state index in [4.69, 9.17) is 0 Å². The molecular formula is C17H27N3. The number of hydrogen-bond acceptors (Lipinski definition) is 3. The highest BCUT2D eigenvalue weighted by Gasteiger charge is 2.26. The lowest BCUT2D eigenvalue weighted by Crippen LogP contribution is -2.38. The summed E-state index contributed by atoms with van der Waals surface area (Å²) in [5.74, 6) is 0. The van der Waals surface area contributed by atoms with E-state index in [2.05, 4.69) is 52.5 Å². The molecule has 2 fully saturated rings. The first-order chi connectivity index (χ1) is 9.81. The van der Waals surface area contributed by atoms with Crippen molar-refractivity contribution in [2.24, 2.45) is 0 Å². The van der Waals surface area contributed by atoms with Crippen LogP contribution in [0.1, 0.15) is 24.8 Å². The van der Waals surface area contributed by atoms with Crippen LogP contribution in [0.5, 0.6) is 0 Å². The predicted molar refractivity (Wildman–Crippen MR) is 83.8 cm³/mol. The molecule has 0 radical (unpaired) electrons. The fraction of sp³-hybridized carbons (Fsp3) is 0.647. The van der Waals surface area contributed by atoms with E-state index in [9.17, 15) is 0 Å². The van der Waals surface area contributed by atoms with Gasteiger partial charge in [-0.3, -0.25) is 4.90 Å². The minimum atomic E-state index is 0.686. The van der Waals surface area contributed by atoms with Gasteiger partial charge in [0, 0.05) is 44.8 Å². The molecule has 1 aromatic carbocycles. The van der Waals surface area contributed by atoms with Gasteiger partial charge in [0.15, 0.2) is 0 Å². The predicted octanol–water partition coefficient (Wildman–Crippen LogP) is 1.94. The van der Waals surface area contributed by atoms with Crippen LogP contribution < -0.4 is 5.32 Å². The average molecular weight is 273 g/mol. The maximum Gasteiger partial charge on any atom is 0.0234 e. The molecule has 1 saturated carbocycles. The lowest BCUT2D eigenvalue weighted by atomic mass is 10.2. The Hall–Kier alpha value is -0.900. The Balaban J connectivity index is 1.34. The summed E-state index contributed by atoms with van der Waals surface area (Å²) in [4.78, 5) is 5.07. The number of likely N-dealkylation sites (tertiary alicyclic amines) is 1. The summed E-state index contributed by atoms with van der Waals surface area (Å²) in [6.07, 6.45) is 4.11. The molecule has 1 aliphatic heterocycles. The quantitative estimate of drug-likeness (QED) is 0.819. The molecule has 2 aliphatic rings. The Kier molecular flexibility index (Phi) is 4.71. The van der Waals surface area contributed by atoms with Gasteiger partial charge in [-0.15, -0.1) is 0 Å². The van der Waals surface area contributed by atoms with Crippen LogP contribution in [-0.2, 0) is 6.54 Å². The van der Waals surface area contributed by atoms with E-state index in [1.54, 1.807) is 0 Å². The molecule has 1 heterocycles. The van der Waals surface area contributed by atoms with Crippen LogP contribution in [0.3, 0.4) is 0 Å². The normalized spacial score (nSPS) is 23.6. The number of rotatable bonds is 7. The highest BCUT2D eigenvalue weighted by atomic mass is 15.2. The van der Waals surface area contributed by atoms with Gasteiger partial charge in [0.05, 0.1) is 0 Å². The van der Waals surface area contributed by atoms with Crippen molar-refractivity contribution < 1.29 is 0 Å². The van der Waals surface area contributed by atoms with E-state index >= 15 is 0 Å². The molecule has 1 unspecified atom stereocenters. The number of benzene rings is 1. The number of likely N-dealkylation sites (N-methyl/N-ethyl adjacent to an activating group) is 1. The summed E-state index contributed by atoms with van der Waals surface area (Å²) in [6.45, 7) is 5.85. The first kappa shape index (κ1) is 14.1. The monoisotopic (exact) mass is 273 g/mol. The summed E-state index contributed by atoms with van der Waals surface area (Å²) < 4.78 is 0. The van der Waals surface area contributed by atoms with Crippen LogP contribution in [0, 0.1) is 0 Å². The van der Waals surface area contributed by atoms with Gasteiger partial charge < -0.3 is 10.2 Å². The lowest BCUT2D eigenvalue weighted by molar-refractivity contribution is 0.301. The maximum absolute atomic E-state index is 3.73. The van der Waals surface area contributed by atoms with Crippen LogP contribution in [-0.4, -0.2) is 55.1 Å². The second-order valence-electron chi connectivity index (χ2n) is 6.37. The Morgan fingerprint density at radius 3 is 2.75 bits per heavy atom. The fourth-order valence-electron chi connectivity index (χ4n) is 3.13. The third-order valence-electron chi connectivity index (χ3n) is 4.59. The highest BCUT2D eigenvalue weighted by Crippen LogP contribution is 2.24. The standard InChI is InChI=1S/C17H27N3/c1-19(17-7-8-17)12-10-18-16-9-11-20(14-16)13-15-5-3-2-4-6-15/h2-6,16-18H,7-14H2,1H3. The molecule has 3 nitrogen and oxygen atoms in total. The zero-order chi connectivity index (χ0) is 13.8. The molecule has 20 heavy (non-hydrogen) atoms. The molecule has 1 aliphatic carbocycles. The van der Waals surface area contributed by atoms with Crippen molar-refractivity contribution in [1.29, 1.82) is 0 Å². The molecular weight excluding hydrogens is 246 g/mol. The van der Waals surface area contributed by atoms with Gasteiger partial charge in [0.25, 0.3) is 0 Å². The van der Waals surface area contributed by atoms with Gasteiger partial charge in [0.1, 0.15) is 0 Å². The van der Waals surface area contributed by atoms with E-state index in [0.717, 1.165) is 19.1 Å². The van der Waals surface area contributed by atoms with E-state index < -0.39 is 0 Å². The van der Waals surface area contributed by atoms with Gasteiger partial charge in [-0.05, 0) is 31.9 Å². The molecule has 0 spiro atoms. The second kappa shape index (κ2) is 6.70. The highest BCUT2D eigenvalue weighted by molar-refractivity contribution is 5.14. The minimum Gasteiger partial charge on any atom is -0.311 e. The third kappa shape index (κ3) is 4.05. The zero-order valence-electron chi connectivity index (χ0n) is 12.6. The average Bonchev–Trinajstić information content (AvgIpc) is 3.23. The zero-order valence-corrected chi connectivity index (χ0v) is 12.6. The van der Waals surface area contributed by atoms with Crippen LogP contribution in [0.4, 0.5) is 0 Å². The first-order valence-corrected chi connectivity index (χ1v) is 8.01. The summed E-state index contributed by atoms with van der Waals surface area (Å²) >= 11 is 0. The van der Waals surface area contributed by atoms with E-state index in [1.807, 2.05) is 0 Å². The van der Waals surface area contributed by atoms with Crippen LogP contribution in [0.25, 0.3) is 0 Å². The second-order valence-corrected chi connectivity index (χ2v) is 6.37. The SMILES string of the molecule is CN(CCNC1CCN(Cc2ccccc2)C1)C1CC1. The van der Waals surface area contributed by atoms with Crippen molar-refractivity contribution in [1.82, 2.24) is 15.1 Å². The van der Waals surface area contributed by atoms with Crippen molar-refractivity contribution in [2.75, 3.05) is 33.2 Å². The van der Waals surface area contributed by atoms with E-state index in [-0.39, 0.29) is 0 Å². The van der Waals surface area contributed by atoms with E-state index in [0.29, 0.717) is 6.04 Å². The van der Waals surface area contributed by atoms with Crippen molar-refractivity contribution in [3.05, 3.63) is 35.9 Å². The molecule has 0 bridgehead atoms. The van der Waals surface area contributed by atoms with Gasteiger partial charge >= 0.3 is 0 Å². The summed E-state index contributed by atoms with van der Waals surface area (Å²) in [6, 6.07) is 12.4. The van der Waals surface area contributed by atoms with Crippen LogP contribution >= 0.6 is 0 Å². The summed E-state index contributed by atoms with van der Waals surface area (Å²) in [7, 11) is 2.26. The molecule has 0 aromatic heterocycles. The molecule has 3 rings (SSSR count). The first-order valence-electron chi connectivity index (χ1n) is 8.01. The van der Waals surface area contributed by atoms with Crippen molar-refractivity contribution >= 4 is 0 Å². The van der Waals surface area contributed by atoms with Gasteiger partial charge in [-0.25, -0.2) is 0 Å². The van der Waals surface area contributed by atoms with Crippen molar-refractivity contribution in [3.8, 4) is 0 Å². The van der Waals surface area contributed by atoms with Crippen LogP contribution in [0.2, 0.25) is 0 Å². The molecule has 1 aromatic rings. The number of nitrogens with zero attached hydrogens (tertiary/aromatic N) is 2. The van der Waals surface area contributed by atoms with Gasteiger partial charge in [-0.1, -0.05) is 30.3 Å². The molecule has 1 saturated heterocycles. The van der Waals surface area contributed by atoms with Gasteiger partial charge in [0.2, 0.25) is 0 Å². The molecule has 1 atom stereocenters. The number of hydrogen-bond donors (Lipinski definition) is 1. The molecule has 1 N–H and O–H groups in total. The maximum atomic E-state index is 3.73. The molecule has 3 heteroatoms. The molecule has 110 valence electrons. The topological polar surface area (TPSA) is 18.5 Å². The smallest absolute Gasteiger partial charge is 0.0234 e.